The van der Waals surface area contributed by atoms with E-state index in [0.29, 0.717) is 0 Å². The molecule has 0 N–H and O–H groups in total. The Morgan fingerprint density at radius 3 is 1.29 bits per heavy atom. The van der Waals surface area contributed by atoms with E-state index in [-0.39, 0.29) is 0 Å². The number of hydrogen-bond donors (Lipinski definition) is 0. The molecule has 2 heteroatoms. The third kappa shape index (κ3) is 5.82. The Bertz CT molecular complexity index is 3010. The summed E-state index contributed by atoms with van der Waals surface area (Å²) in [6.07, 6.45) is 9.05. The van der Waals surface area contributed by atoms with Crippen LogP contribution in [0, 0.1) is 13.8 Å². The quantitative estimate of drug-likeness (QED) is 0.160. The molecule has 56 heavy (non-hydrogen) atoms. The van der Waals surface area contributed by atoms with Crippen LogP contribution < -0.4 is 0 Å². The van der Waals surface area contributed by atoms with Crippen molar-refractivity contribution in [2.24, 2.45) is 0 Å². The molecule has 0 unspecified atom stereocenters. The van der Waals surface area contributed by atoms with Gasteiger partial charge in [-0.25, -0.2) is 0 Å². The zero-order valence-corrected chi connectivity index (χ0v) is 31.6. The summed E-state index contributed by atoms with van der Waals surface area (Å²) in [5, 5.41) is 4.50. The Morgan fingerprint density at radius 2 is 0.786 bits per heavy atom. The number of hydrogen-bond acceptors (Lipinski definition) is 2. The van der Waals surface area contributed by atoms with E-state index in [1.54, 1.807) is 0 Å². The van der Waals surface area contributed by atoms with Crippen LogP contribution in [0.3, 0.4) is 0 Å². The predicted octanol–water partition coefficient (Wildman–Crippen LogP) is 14.6. The van der Waals surface area contributed by atoms with Gasteiger partial charge in [-0.15, -0.1) is 0 Å². The first-order chi connectivity index (χ1) is 27.6. The van der Waals surface area contributed by atoms with Crippen LogP contribution in [0.4, 0.5) is 0 Å². The number of fused-ring (bicyclic) bond motifs is 5. The topological polar surface area (TPSA) is 25.8 Å². The van der Waals surface area contributed by atoms with E-state index in [1.807, 2.05) is 0 Å². The Balaban J connectivity index is 1.25. The maximum Gasteiger partial charge on any atom is 0.0791 e. The molecular weight excluding hydrogens is 677 g/mol. The molecule has 0 aliphatic heterocycles. The van der Waals surface area contributed by atoms with Crippen molar-refractivity contribution in [2.45, 2.75) is 26.7 Å². The summed E-state index contributed by atoms with van der Waals surface area (Å²) in [6.45, 7) is 4.33. The normalized spacial score (nSPS) is 12.7. The lowest BCUT2D eigenvalue weighted by molar-refractivity contribution is 1.04. The van der Waals surface area contributed by atoms with Crippen LogP contribution in [0.1, 0.15) is 29.8 Å². The van der Waals surface area contributed by atoms with E-state index in [0.717, 1.165) is 67.9 Å². The molecule has 0 fully saturated rings. The first kappa shape index (κ1) is 33.7. The minimum absolute atomic E-state index is 0.996. The van der Waals surface area contributed by atoms with Crippen molar-refractivity contribution in [1.29, 1.82) is 0 Å². The van der Waals surface area contributed by atoms with Crippen molar-refractivity contribution in [1.82, 2.24) is 9.97 Å². The summed E-state index contributed by atoms with van der Waals surface area (Å²) >= 11 is 0. The zero-order chi connectivity index (χ0) is 37.6. The molecule has 0 saturated carbocycles. The molecule has 2 nitrogen and oxygen atoms in total. The average Bonchev–Trinajstić information content (AvgIpc) is 3.26. The van der Waals surface area contributed by atoms with Gasteiger partial charge in [-0.05, 0) is 83.3 Å². The van der Waals surface area contributed by atoms with Crippen molar-refractivity contribution in [3.63, 3.8) is 0 Å². The fraction of sp³-hybridized carbons (Fsp3) is 0.0741. The molecule has 1 aliphatic rings. The first-order valence-corrected chi connectivity index (χ1v) is 19.6. The Morgan fingerprint density at radius 1 is 0.357 bits per heavy atom. The number of rotatable bonds is 6. The highest BCUT2D eigenvalue weighted by Crippen LogP contribution is 2.45. The number of aromatic nitrogens is 2. The Labute approximate surface area is 328 Å². The van der Waals surface area contributed by atoms with E-state index in [2.05, 4.69) is 196 Å². The molecule has 0 radical (unpaired) electrons. The van der Waals surface area contributed by atoms with Crippen molar-refractivity contribution >= 4 is 38.2 Å². The van der Waals surface area contributed by atoms with Gasteiger partial charge in [-0.2, -0.15) is 0 Å². The molecule has 1 aliphatic carbocycles. The van der Waals surface area contributed by atoms with Gasteiger partial charge in [-0.3, -0.25) is 9.97 Å². The summed E-state index contributed by atoms with van der Waals surface area (Å²) in [7, 11) is 0. The van der Waals surface area contributed by atoms with Crippen LogP contribution in [-0.2, 0) is 0 Å². The summed E-state index contributed by atoms with van der Waals surface area (Å²) in [5.41, 5.74) is 18.4. The standard InChI is InChI=1S/C54H40N2/c1-35-49(39-21-11-5-12-22-39)51(43-27-15-25-41(33-43)37-17-7-3-8-18-37)47-31-30-46-45(53(47)55-35)29-32-48-52(44-28-16-26-42(34-44)38-19-9-4-10-20-38)50(36(2)56-54(46)48)40-23-13-6-14-24-40/h3-5,7-13,15-34H,6,14H2,1-2H3. The summed E-state index contributed by atoms with van der Waals surface area (Å²) < 4.78 is 0. The summed E-state index contributed by atoms with van der Waals surface area (Å²) in [5.74, 6) is 0. The molecule has 0 saturated heterocycles. The largest absolute Gasteiger partial charge is 0.252 e. The van der Waals surface area contributed by atoms with Gasteiger partial charge in [0.15, 0.2) is 0 Å². The minimum atomic E-state index is 0.996. The molecule has 0 atom stereocenters. The van der Waals surface area contributed by atoms with Gasteiger partial charge < -0.3 is 0 Å². The van der Waals surface area contributed by atoms with Crippen LogP contribution in [0.2, 0.25) is 0 Å². The van der Waals surface area contributed by atoms with Gasteiger partial charge in [0.25, 0.3) is 0 Å². The Kier molecular flexibility index (Phi) is 8.45. The van der Waals surface area contributed by atoms with Gasteiger partial charge in [0, 0.05) is 55.2 Å². The van der Waals surface area contributed by atoms with Crippen LogP contribution in [-0.4, -0.2) is 9.97 Å². The van der Waals surface area contributed by atoms with Gasteiger partial charge in [0.05, 0.1) is 11.0 Å². The van der Waals surface area contributed by atoms with E-state index in [9.17, 15) is 0 Å². The smallest absolute Gasteiger partial charge is 0.0791 e. The second-order valence-corrected chi connectivity index (χ2v) is 14.8. The molecule has 0 bridgehead atoms. The van der Waals surface area contributed by atoms with E-state index < -0.39 is 0 Å². The molecule has 7 aromatic carbocycles. The maximum atomic E-state index is 5.46. The van der Waals surface area contributed by atoms with E-state index >= 15 is 0 Å². The molecule has 2 aromatic heterocycles. The molecule has 10 rings (SSSR count). The zero-order valence-electron chi connectivity index (χ0n) is 31.6. The van der Waals surface area contributed by atoms with Gasteiger partial charge in [0.1, 0.15) is 0 Å². The van der Waals surface area contributed by atoms with Gasteiger partial charge in [0.2, 0.25) is 0 Å². The van der Waals surface area contributed by atoms with Gasteiger partial charge in [-0.1, -0.05) is 170 Å². The fourth-order valence-electron chi connectivity index (χ4n) is 8.78. The van der Waals surface area contributed by atoms with Crippen molar-refractivity contribution < 1.29 is 0 Å². The molecule has 2 heterocycles. The first-order valence-electron chi connectivity index (χ1n) is 19.6. The van der Waals surface area contributed by atoms with E-state index in [4.69, 9.17) is 9.97 Å². The lowest BCUT2D eigenvalue weighted by atomic mass is 9.85. The third-order valence-corrected chi connectivity index (χ3v) is 11.3. The summed E-state index contributed by atoms with van der Waals surface area (Å²) in [4.78, 5) is 10.9. The number of allylic oxidation sites excluding steroid dienone is 4. The highest BCUT2D eigenvalue weighted by atomic mass is 14.7. The Hall–Kier alpha value is -6.90. The monoisotopic (exact) mass is 716 g/mol. The number of pyridine rings is 2. The molecule has 0 spiro atoms. The molecule has 266 valence electrons. The lowest BCUT2D eigenvalue weighted by Gasteiger charge is -2.21. The third-order valence-electron chi connectivity index (χ3n) is 11.3. The highest BCUT2D eigenvalue weighted by Gasteiger charge is 2.22. The van der Waals surface area contributed by atoms with Gasteiger partial charge >= 0.3 is 0 Å². The van der Waals surface area contributed by atoms with Crippen molar-refractivity contribution in [3.8, 4) is 55.6 Å². The minimum Gasteiger partial charge on any atom is -0.252 e. The maximum absolute atomic E-state index is 5.46. The number of benzene rings is 7. The fourth-order valence-corrected chi connectivity index (χ4v) is 8.78. The SMILES string of the molecule is Cc1nc2c(ccc3c2ccc2c(-c4cccc(-c5ccccc5)c4)c(-c4ccccc4)c(C)nc23)c(-c2cccc(-c3ccccc3)c2)c1C1=CCCC=C1. The second-order valence-electron chi connectivity index (χ2n) is 14.8. The van der Waals surface area contributed by atoms with E-state index in [1.165, 1.54) is 55.6 Å². The molecule has 9 aromatic rings. The number of aryl methyl sites for hydroxylation is 2. The predicted molar refractivity (Wildman–Crippen MR) is 238 cm³/mol. The van der Waals surface area contributed by atoms with Crippen LogP contribution in [0.25, 0.3) is 93.8 Å². The van der Waals surface area contributed by atoms with Crippen LogP contribution in [0.5, 0.6) is 0 Å². The van der Waals surface area contributed by atoms with Crippen LogP contribution >= 0.6 is 0 Å². The average molecular weight is 717 g/mol. The second kappa shape index (κ2) is 14.1. The number of nitrogens with zero attached hydrogens (tertiary/aromatic N) is 2. The lowest BCUT2D eigenvalue weighted by Crippen LogP contribution is -2.01. The molecule has 0 amide bonds. The summed E-state index contributed by atoms with van der Waals surface area (Å²) in [6, 6.07) is 59.1. The highest BCUT2D eigenvalue weighted by molar-refractivity contribution is 6.21. The van der Waals surface area contributed by atoms with Crippen molar-refractivity contribution in [2.75, 3.05) is 0 Å². The molecular formula is C54H40N2. The van der Waals surface area contributed by atoms with Crippen molar-refractivity contribution in [3.05, 3.63) is 199 Å². The van der Waals surface area contributed by atoms with Crippen LogP contribution in [0.15, 0.2) is 182 Å².